The minimum Gasteiger partial charge on any atom is -0.507 e. The fourth-order valence-corrected chi connectivity index (χ4v) is 6.41. The minimum absolute atomic E-state index is 0.00508. The number of phenols is 1. The molecule has 0 aliphatic rings. The lowest BCUT2D eigenvalue weighted by Crippen LogP contribution is -2.14. The molecule has 2 N–H and O–H groups in total. The van der Waals surface area contributed by atoms with E-state index in [4.69, 9.17) is 0 Å². The van der Waals surface area contributed by atoms with Gasteiger partial charge in [0.2, 0.25) is 0 Å². The van der Waals surface area contributed by atoms with Crippen LogP contribution in [-0.4, -0.2) is 29.6 Å². The third-order valence-electron chi connectivity index (χ3n) is 4.84. The maximum absolute atomic E-state index is 12.6. The number of halogens is 1. The average molecular weight is 492 g/mol. The van der Waals surface area contributed by atoms with Crippen LogP contribution in [0.5, 0.6) is 5.75 Å². The smallest absolute Gasteiger partial charge is 0.266 e. The number of benzene rings is 2. The number of hydrogen-bond acceptors (Lipinski definition) is 5. The molecule has 0 aliphatic heterocycles. The number of sulfone groups is 1. The summed E-state index contributed by atoms with van der Waals surface area (Å²) in [5, 5.41) is 14.6. The molecule has 0 radical (unpaired) electrons. The van der Waals surface area contributed by atoms with Gasteiger partial charge in [-0.05, 0) is 47.2 Å². The Morgan fingerprint density at radius 1 is 1.14 bits per heavy atom. The number of nitrogens with one attached hydrogen (secondary N) is 1. The minimum atomic E-state index is -3.39. The second kappa shape index (κ2) is 7.59. The van der Waals surface area contributed by atoms with Gasteiger partial charge in [0.1, 0.15) is 10.4 Å². The van der Waals surface area contributed by atoms with Crippen LogP contribution >= 0.6 is 27.3 Å². The van der Waals surface area contributed by atoms with Gasteiger partial charge < -0.3 is 10.1 Å². The van der Waals surface area contributed by atoms with Gasteiger partial charge in [0, 0.05) is 27.2 Å². The molecule has 0 fully saturated rings. The number of alkyl halides is 1. The molecule has 1 atom stereocenters. The van der Waals surface area contributed by atoms with Gasteiger partial charge >= 0.3 is 0 Å². The summed E-state index contributed by atoms with van der Waals surface area (Å²) in [5.74, 6) is 0.138. The van der Waals surface area contributed by atoms with Crippen molar-refractivity contribution in [1.82, 2.24) is 4.98 Å². The van der Waals surface area contributed by atoms with E-state index in [-0.39, 0.29) is 27.9 Å². The molecule has 4 aromatic rings. The lowest BCUT2D eigenvalue weighted by atomic mass is 9.97. The predicted octanol–water partition coefficient (Wildman–Crippen LogP) is 4.92. The van der Waals surface area contributed by atoms with Crippen molar-refractivity contribution in [2.45, 2.75) is 11.8 Å². The normalized spacial score (nSPS) is 13.2. The molecule has 0 amide bonds. The zero-order valence-corrected chi connectivity index (χ0v) is 18.7. The summed E-state index contributed by atoms with van der Waals surface area (Å²) in [5.41, 5.74) is 1.71. The fourth-order valence-electron chi connectivity index (χ4n) is 3.47. The molecule has 0 spiro atoms. The largest absolute Gasteiger partial charge is 0.507 e. The average Bonchev–Trinajstić information content (AvgIpc) is 3.19. The molecule has 29 heavy (non-hydrogen) atoms. The van der Waals surface area contributed by atoms with E-state index in [9.17, 15) is 18.3 Å². The van der Waals surface area contributed by atoms with Crippen LogP contribution in [0.25, 0.3) is 32.1 Å². The third kappa shape index (κ3) is 3.60. The van der Waals surface area contributed by atoms with E-state index >= 15 is 0 Å². The number of phenolic OH excluding ortho intramolecular Hbond substituents is 1. The van der Waals surface area contributed by atoms with E-state index < -0.39 is 9.84 Å². The first kappa shape index (κ1) is 20.1. The second-order valence-electron chi connectivity index (χ2n) is 7.07. The Bertz CT molecular complexity index is 1370. The Kier molecular flexibility index (Phi) is 5.27. The predicted molar refractivity (Wildman–Crippen MR) is 122 cm³/mol. The Hall–Kier alpha value is -2.16. The van der Waals surface area contributed by atoms with Gasteiger partial charge in [0.15, 0.2) is 9.84 Å². The van der Waals surface area contributed by atoms with Crippen LogP contribution in [-0.2, 0) is 9.84 Å². The quantitative estimate of drug-likeness (QED) is 0.387. The Balaban J connectivity index is 1.89. The first-order chi connectivity index (χ1) is 13.8. The van der Waals surface area contributed by atoms with Gasteiger partial charge in [0.25, 0.3) is 5.56 Å². The molecule has 150 valence electrons. The highest BCUT2D eigenvalue weighted by Gasteiger charge is 2.19. The number of H-pyrrole nitrogens is 1. The van der Waals surface area contributed by atoms with E-state index in [0.29, 0.717) is 26.7 Å². The van der Waals surface area contributed by atoms with Crippen LogP contribution in [0, 0.1) is 5.92 Å². The first-order valence-electron chi connectivity index (χ1n) is 8.96. The molecule has 2 heterocycles. The van der Waals surface area contributed by atoms with Crippen molar-refractivity contribution in [3.05, 3.63) is 58.2 Å². The van der Waals surface area contributed by atoms with Gasteiger partial charge in [-0.3, -0.25) is 4.79 Å². The maximum atomic E-state index is 12.6. The molecule has 8 heteroatoms. The highest BCUT2D eigenvalue weighted by atomic mass is 79.9. The van der Waals surface area contributed by atoms with Crippen molar-refractivity contribution in [3.8, 4) is 16.9 Å². The van der Waals surface area contributed by atoms with E-state index in [0.717, 1.165) is 10.8 Å². The van der Waals surface area contributed by atoms with Crippen molar-refractivity contribution in [3.63, 3.8) is 0 Å². The summed E-state index contributed by atoms with van der Waals surface area (Å²) in [6.45, 7) is 1.88. The van der Waals surface area contributed by atoms with Gasteiger partial charge in [-0.15, -0.1) is 11.3 Å². The maximum Gasteiger partial charge on any atom is 0.266 e. The van der Waals surface area contributed by atoms with Crippen molar-refractivity contribution in [2.24, 2.45) is 5.92 Å². The number of hydrogen-bond donors (Lipinski definition) is 2. The van der Waals surface area contributed by atoms with Crippen molar-refractivity contribution in [2.75, 3.05) is 11.1 Å². The summed E-state index contributed by atoms with van der Waals surface area (Å²) in [7, 11) is -3.39. The number of pyridine rings is 1. The van der Waals surface area contributed by atoms with Crippen LogP contribution < -0.4 is 5.56 Å². The third-order valence-corrected chi connectivity index (χ3v) is 8.86. The van der Waals surface area contributed by atoms with Crippen LogP contribution in [0.2, 0.25) is 0 Å². The summed E-state index contributed by atoms with van der Waals surface area (Å²) < 4.78 is 25.8. The van der Waals surface area contributed by atoms with Crippen molar-refractivity contribution >= 4 is 58.1 Å². The van der Waals surface area contributed by atoms with Crippen LogP contribution in [0.3, 0.4) is 0 Å². The second-order valence-corrected chi connectivity index (χ2v) is 10.7. The topological polar surface area (TPSA) is 87.2 Å². The van der Waals surface area contributed by atoms with E-state index in [1.165, 1.54) is 17.4 Å². The highest BCUT2D eigenvalue weighted by molar-refractivity contribution is 9.09. The molecule has 2 aromatic heterocycles. The molecular weight excluding hydrogens is 474 g/mol. The molecule has 2 aromatic carbocycles. The summed E-state index contributed by atoms with van der Waals surface area (Å²) in [6.07, 6.45) is 0. The fraction of sp³-hybridized carbons (Fsp3) is 0.190. The van der Waals surface area contributed by atoms with Crippen molar-refractivity contribution in [1.29, 1.82) is 0 Å². The number of thiophene rings is 1. The van der Waals surface area contributed by atoms with Crippen molar-refractivity contribution < 1.29 is 13.5 Å². The lowest BCUT2D eigenvalue weighted by Gasteiger charge is -2.12. The van der Waals surface area contributed by atoms with Crippen LogP contribution in [0.4, 0.5) is 0 Å². The van der Waals surface area contributed by atoms with Gasteiger partial charge in [-0.2, -0.15) is 0 Å². The van der Waals surface area contributed by atoms with Crippen LogP contribution in [0.1, 0.15) is 6.92 Å². The number of aromatic hydroxyl groups is 1. The standard InChI is InChI=1S/C21H18BrNO4S2/c1-12(10-22)11-29(26,27)14-4-2-13(3-5-14)18-17(24)7-6-16-19(18)15-8-9-28-20(15)21(25)23-16/h2-9,12,24H,10-11H2,1H3,(H,23,25). The summed E-state index contributed by atoms with van der Waals surface area (Å²) in [4.78, 5) is 15.4. The molecule has 5 nitrogen and oxygen atoms in total. The number of rotatable bonds is 5. The van der Waals surface area contributed by atoms with Gasteiger partial charge in [-0.25, -0.2) is 8.42 Å². The zero-order valence-electron chi connectivity index (χ0n) is 15.5. The molecule has 0 saturated heterocycles. The van der Waals surface area contributed by atoms with E-state index in [1.807, 2.05) is 18.4 Å². The van der Waals surface area contributed by atoms with Gasteiger partial charge in [-0.1, -0.05) is 35.0 Å². The molecule has 0 saturated carbocycles. The monoisotopic (exact) mass is 491 g/mol. The Morgan fingerprint density at radius 3 is 2.55 bits per heavy atom. The van der Waals surface area contributed by atoms with E-state index in [1.54, 1.807) is 30.3 Å². The summed E-state index contributed by atoms with van der Waals surface area (Å²) in [6, 6.07) is 11.6. The first-order valence-corrected chi connectivity index (χ1v) is 12.6. The van der Waals surface area contributed by atoms with Crippen LogP contribution in [0.15, 0.2) is 57.5 Å². The molecular formula is C21H18BrNO4S2. The number of aromatic nitrogens is 1. The number of aromatic amines is 1. The zero-order chi connectivity index (χ0) is 20.8. The molecule has 0 bridgehead atoms. The Labute approximate surface area is 180 Å². The molecule has 4 rings (SSSR count). The van der Waals surface area contributed by atoms with Gasteiger partial charge in [0.05, 0.1) is 10.6 Å². The molecule has 0 aliphatic carbocycles. The van der Waals surface area contributed by atoms with E-state index in [2.05, 4.69) is 20.9 Å². The SMILES string of the molecule is CC(CBr)CS(=O)(=O)c1ccc(-c2c(O)ccc3[nH]c(=O)c4sccc4c23)cc1. The summed E-state index contributed by atoms with van der Waals surface area (Å²) >= 11 is 4.66. The lowest BCUT2D eigenvalue weighted by molar-refractivity contribution is 0.478. The Morgan fingerprint density at radius 2 is 1.86 bits per heavy atom. The molecule has 1 unspecified atom stereocenters. The highest BCUT2D eigenvalue weighted by Crippen LogP contribution is 2.39. The number of fused-ring (bicyclic) bond motifs is 3.